The van der Waals surface area contributed by atoms with Crippen molar-refractivity contribution in [2.45, 2.75) is 25.0 Å². The highest BCUT2D eigenvalue weighted by Crippen LogP contribution is 2.52. The van der Waals surface area contributed by atoms with Crippen molar-refractivity contribution in [3.05, 3.63) is 80.9 Å². The molecule has 1 fully saturated rings. The third-order valence-corrected chi connectivity index (χ3v) is 5.66. The number of hydrogen-bond acceptors (Lipinski definition) is 5. The summed E-state index contributed by atoms with van der Waals surface area (Å²) in [5, 5.41) is 11.0. The Hall–Kier alpha value is -2.99. The van der Waals surface area contributed by atoms with E-state index in [1.165, 1.54) is 12.1 Å². The van der Waals surface area contributed by atoms with Crippen LogP contribution in [0.4, 0.5) is 5.69 Å². The normalized spacial score (nSPS) is 26.1. The molecule has 6 nitrogen and oxygen atoms in total. The Bertz CT molecular complexity index is 978. The Labute approximate surface area is 155 Å². The van der Waals surface area contributed by atoms with Crippen LogP contribution in [0.25, 0.3) is 5.76 Å². The summed E-state index contributed by atoms with van der Waals surface area (Å²) in [6.45, 7) is 0.631. The summed E-state index contributed by atoms with van der Waals surface area (Å²) in [6, 6.07) is 13.9. The maximum atomic E-state index is 13.2. The fourth-order valence-electron chi connectivity index (χ4n) is 4.45. The standard InChI is InChI=1S/C21H17NO5/c23-19-14-4-1-2-5-15(14)20-18(19)17(16-6-3-11-26-21(16)27-20)12-7-9-13(10-8-12)22(24)25/h1-2,4-5,7-10,16-17,21H,3,6,11H2/t16-,17-,21+/m0/s1. The van der Waals surface area contributed by atoms with Gasteiger partial charge < -0.3 is 9.47 Å². The Morgan fingerprint density at radius 3 is 2.52 bits per heavy atom. The number of nitro benzene ring substituents is 1. The highest BCUT2D eigenvalue weighted by atomic mass is 16.7. The number of carbonyl (C=O) groups excluding carboxylic acids is 1. The predicted octanol–water partition coefficient (Wildman–Crippen LogP) is 4.07. The zero-order valence-electron chi connectivity index (χ0n) is 14.5. The number of carbonyl (C=O) groups is 1. The van der Waals surface area contributed by atoms with Crippen LogP contribution in [0.15, 0.2) is 54.1 Å². The molecule has 27 heavy (non-hydrogen) atoms. The van der Waals surface area contributed by atoms with Crippen molar-refractivity contribution in [1.29, 1.82) is 0 Å². The third-order valence-electron chi connectivity index (χ3n) is 5.66. The van der Waals surface area contributed by atoms with Crippen LogP contribution in [0.2, 0.25) is 0 Å². The minimum Gasteiger partial charge on any atom is -0.463 e. The van der Waals surface area contributed by atoms with Gasteiger partial charge in [-0.15, -0.1) is 0 Å². The van der Waals surface area contributed by atoms with Gasteiger partial charge in [0.1, 0.15) is 5.76 Å². The van der Waals surface area contributed by atoms with Gasteiger partial charge in [-0.25, -0.2) is 0 Å². The van der Waals surface area contributed by atoms with Gasteiger partial charge in [-0.05, 0) is 18.4 Å². The lowest BCUT2D eigenvalue weighted by molar-refractivity contribution is -0.384. The van der Waals surface area contributed by atoms with Gasteiger partial charge in [0.2, 0.25) is 6.29 Å². The summed E-state index contributed by atoms with van der Waals surface area (Å²) < 4.78 is 12.0. The zero-order chi connectivity index (χ0) is 18.5. The van der Waals surface area contributed by atoms with Crippen LogP contribution >= 0.6 is 0 Å². The largest absolute Gasteiger partial charge is 0.463 e. The molecule has 2 aromatic rings. The smallest absolute Gasteiger partial charge is 0.269 e. The van der Waals surface area contributed by atoms with Gasteiger partial charge in [0.05, 0.1) is 17.1 Å². The number of non-ortho nitro benzene ring substituents is 1. The number of hydrogen-bond donors (Lipinski definition) is 0. The molecule has 3 atom stereocenters. The van der Waals surface area contributed by atoms with Gasteiger partial charge in [0, 0.05) is 35.1 Å². The Morgan fingerprint density at radius 1 is 1.04 bits per heavy atom. The monoisotopic (exact) mass is 363 g/mol. The van der Waals surface area contributed by atoms with Gasteiger partial charge in [-0.1, -0.05) is 36.4 Å². The van der Waals surface area contributed by atoms with E-state index in [2.05, 4.69) is 0 Å². The summed E-state index contributed by atoms with van der Waals surface area (Å²) in [6.07, 6.45) is 1.38. The SMILES string of the molecule is O=C1C2=C(O[C@H]3OCCC[C@H]3[C@@H]2c2ccc([N+](=O)[O-])cc2)c2ccccc21. The minimum absolute atomic E-state index is 0.0113. The van der Waals surface area contributed by atoms with E-state index in [1.807, 2.05) is 24.3 Å². The second-order valence-corrected chi connectivity index (χ2v) is 7.11. The molecule has 136 valence electrons. The van der Waals surface area contributed by atoms with E-state index in [9.17, 15) is 14.9 Å². The van der Waals surface area contributed by atoms with Crippen LogP contribution in [-0.2, 0) is 9.47 Å². The molecule has 0 aromatic heterocycles. The number of benzene rings is 2. The molecule has 3 aliphatic rings. The maximum Gasteiger partial charge on any atom is 0.269 e. The first-order chi connectivity index (χ1) is 13.1. The van der Waals surface area contributed by atoms with Gasteiger partial charge in [-0.3, -0.25) is 14.9 Å². The van der Waals surface area contributed by atoms with Gasteiger partial charge in [-0.2, -0.15) is 0 Å². The van der Waals surface area contributed by atoms with Gasteiger partial charge in [0.25, 0.3) is 5.69 Å². The predicted molar refractivity (Wildman–Crippen MR) is 97.1 cm³/mol. The van der Waals surface area contributed by atoms with Crippen LogP contribution in [0.3, 0.4) is 0 Å². The summed E-state index contributed by atoms with van der Waals surface area (Å²) in [5.74, 6) is 0.395. The summed E-state index contributed by atoms with van der Waals surface area (Å²) in [7, 11) is 0. The van der Waals surface area contributed by atoms with Crippen LogP contribution in [0.1, 0.15) is 40.2 Å². The molecule has 5 rings (SSSR count). The second kappa shape index (κ2) is 6.03. The Kier molecular flexibility index (Phi) is 3.62. The van der Waals surface area contributed by atoms with Crippen LogP contribution in [0.5, 0.6) is 0 Å². The zero-order valence-corrected chi connectivity index (χ0v) is 14.5. The molecular weight excluding hydrogens is 346 g/mol. The number of nitrogens with zero attached hydrogens (tertiary/aromatic N) is 1. The lowest BCUT2D eigenvalue weighted by atomic mass is 9.74. The molecule has 0 radical (unpaired) electrons. The van der Waals surface area contributed by atoms with Crippen molar-refractivity contribution in [2.24, 2.45) is 5.92 Å². The van der Waals surface area contributed by atoms with Crippen molar-refractivity contribution < 1.29 is 19.2 Å². The lowest BCUT2D eigenvalue weighted by Gasteiger charge is -2.41. The van der Waals surface area contributed by atoms with Gasteiger partial charge >= 0.3 is 0 Å². The first-order valence-corrected chi connectivity index (χ1v) is 9.06. The third kappa shape index (κ3) is 2.40. The number of nitro groups is 1. The number of allylic oxidation sites excluding steroid dienone is 1. The molecule has 0 bridgehead atoms. The molecular formula is C21H17NO5. The molecule has 0 N–H and O–H groups in total. The van der Waals surface area contributed by atoms with Crippen LogP contribution in [-0.4, -0.2) is 23.6 Å². The van der Waals surface area contributed by atoms with Crippen molar-refractivity contribution in [2.75, 3.05) is 6.61 Å². The second-order valence-electron chi connectivity index (χ2n) is 7.11. The van der Waals surface area contributed by atoms with Crippen LogP contribution in [0, 0.1) is 16.0 Å². The van der Waals surface area contributed by atoms with Crippen molar-refractivity contribution in [3.8, 4) is 0 Å². The highest BCUT2D eigenvalue weighted by Gasteiger charge is 2.48. The minimum atomic E-state index is -0.415. The molecule has 0 saturated carbocycles. The number of fused-ring (bicyclic) bond motifs is 3. The number of rotatable bonds is 2. The fourth-order valence-corrected chi connectivity index (χ4v) is 4.45. The molecule has 0 amide bonds. The van der Waals surface area contributed by atoms with E-state index in [0.717, 1.165) is 24.0 Å². The number of ether oxygens (including phenoxy) is 2. The van der Waals surface area contributed by atoms with Gasteiger partial charge in [0.15, 0.2) is 5.78 Å². The van der Waals surface area contributed by atoms with E-state index >= 15 is 0 Å². The Balaban J connectivity index is 1.66. The molecule has 2 aliphatic heterocycles. The number of Topliss-reactive ketones (excluding diaryl/α,β-unsaturated/α-hetero) is 1. The summed E-state index contributed by atoms with van der Waals surface area (Å²) >= 11 is 0. The molecule has 0 unspecified atom stereocenters. The molecule has 2 heterocycles. The fraction of sp³-hybridized carbons (Fsp3) is 0.286. The number of ketones is 1. The maximum absolute atomic E-state index is 13.2. The molecule has 0 spiro atoms. The van der Waals surface area contributed by atoms with Crippen molar-refractivity contribution in [1.82, 2.24) is 0 Å². The Morgan fingerprint density at radius 2 is 1.78 bits per heavy atom. The van der Waals surface area contributed by atoms with E-state index < -0.39 is 11.2 Å². The molecule has 6 heteroatoms. The summed E-state index contributed by atoms with van der Waals surface area (Å²) in [5.41, 5.74) is 3.03. The first kappa shape index (κ1) is 16.2. The highest BCUT2D eigenvalue weighted by molar-refractivity contribution is 6.20. The quantitative estimate of drug-likeness (QED) is 0.594. The van der Waals surface area contributed by atoms with Crippen molar-refractivity contribution >= 4 is 17.2 Å². The van der Waals surface area contributed by atoms with E-state index in [1.54, 1.807) is 12.1 Å². The molecule has 2 aromatic carbocycles. The van der Waals surface area contributed by atoms with E-state index in [-0.39, 0.29) is 23.3 Å². The molecule has 1 saturated heterocycles. The average Bonchev–Trinajstić information content (AvgIpc) is 2.99. The first-order valence-electron chi connectivity index (χ1n) is 9.06. The van der Waals surface area contributed by atoms with E-state index in [0.29, 0.717) is 23.5 Å². The van der Waals surface area contributed by atoms with E-state index in [4.69, 9.17) is 9.47 Å². The average molecular weight is 363 g/mol. The van der Waals surface area contributed by atoms with Crippen LogP contribution < -0.4 is 0 Å². The lowest BCUT2D eigenvalue weighted by Crippen LogP contribution is -2.40. The topological polar surface area (TPSA) is 78.7 Å². The molecule has 1 aliphatic carbocycles. The summed E-state index contributed by atoms with van der Waals surface area (Å²) in [4.78, 5) is 23.8. The van der Waals surface area contributed by atoms with Crippen molar-refractivity contribution in [3.63, 3.8) is 0 Å².